The van der Waals surface area contributed by atoms with Gasteiger partial charge in [0.15, 0.2) is 11.5 Å². The fourth-order valence-corrected chi connectivity index (χ4v) is 4.65. The predicted octanol–water partition coefficient (Wildman–Crippen LogP) is 4.00. The molecule has 0 aromatic heterocycles. The number of benzene rings is 2. The molecule has 2 aliphatic rings. The molecule has 4 rings (SSSR count). The van der Waals surface area contributed by atoms with Crippen LogP contribution in [0.15, 0.2) is 54.1 Å². The van der Waals surface area contributed by atoms with Gasteiger partial charge in [0.2, 0.25) is 0 Å². The number of methoxy groups -OCH3 is 1. The standard InChI is InChI=1S/C27H32N2O5/c1-3-17-34-21-12-11-20(18-22(21)33-2)24-23(25(30)19-9-5-4-6-10-19)26(31)27(32)29(24)16-15-28-13-7-8-14-28/h4-6,9-12,18,24,30H,3,7-8,13-17H2,1-2H3/b25-23+. The summed E-state index contributed by atoms with van der Waals surface area (Å²) in [6.07, 6.45) is 3.15. The maximum atomic E-state index is 13.2. The lowest BCUT2D eigenvalue weighted by Gasteiger charge is -2.28. The number of carbonyl (C=O) groups is 2. The maximum Gasteiger partial charge on any atom is 0.295 e. The normalized spacial score (nSPS) is 20.2. The number of hydrogen-bond donors (Lipinski definition) is 1. The number of Topliss-reactive ketones (excluding diaryl/α,β-unsaturated/α-hetero) is 1. The van der Waals surface area contributed by atoms with Gasteiger partial charge in [0.25, 0.3) is 11.7 Å². The minimum Gasteiger partial charge on any atom is -0.507 e. The van der Waals surface area contributed by atoms with Gasteiger partial charge in [-0.25, -0.2) is 0 Å². The molecule has 2 aromatic rings. The Labute approximate surface area is 200 Å². The number of ketones is 1. The van der Waals surface area contributed by atoms with E-state index in [-0.39, 0.29) is 11.3 Å². The van der Waals surface area contributed by atoms with E-state index in [1.54, 1.807) is 48.4 Å². The summed E-state index contributed by atoms with van der Waals surface area (Å²) in [6, 6.07) is 13.6. The number of carbonyl (C=O) groups excluding carboxylic acids is 2. The molecule has 7 heteroatoms. The Kier molecular flexibility index (Phi) is 7.53. The quantitative estimate of drug-likeness (QED) is 0.343. The lowest BCUT2D eigenvalue weighted by molar-refractivity contribution is -0.140. The Morgan fingerprint density at radius 3 is 2.44 bits per heavy atom. The first-order valence-corrected chi connectivity index (χ1v) is 11.9. The monoisotopic (exact) mass is 464 g/mol. The second kappa shape index (κ2) is 10.7. The van der Waals surface area contributed by atoms with Gasteiger partial charge >= 0.3 is 0 Å². The molecule has 1 atom stereocenters. The minimum atomic E-state index is -0.711. The molecule has 2 saturated heterocycles. The summed E-state index contributed by atoms with van der Waals surface area (Å²) in [7, 11) is 1.56. The van der Waals surface area contributed by atoms with Crippen LogP contribution in [0, 0.1) is 0 Å². The molecule has 34 heavy (non-hydrogen) atoms. The van der Waals surface area contributed by atoms with E-state index in [0.29, 0.717) is 42.3 Å². The van der Waals surface area contributed by atoms with Gasteiger partial charge in [0.1, 0.15) is 5.76 Å². The van der Waals surface area contributed by atoms with Crippen LogP contribution in [-0.2, 0) is 9.59 Å². The molecule has 0 aliphatic carbocycles. The summed E-state index contributed by atoms with van der Waals surface area (Å²) in [4.78, 5) is 30.2. The average Bonchev–Trinajstić information content (AvgIpc) is 3.48. The number of amides is 1. The van der Waals surface area contributed by atoms with Crippen molar-refractivity contribution < 1.29 is 24.2 Å². The fourth-order valence-electron chi connectivity index (χ4n) is 4.65. The van der Waals surface area contributed by atoms with Crippen LogP contribution >= 0.6 is 0 Å². The topological polar surface area (TPSA) is 79.3 Å². The molecule has 0 spiro atoms. The van der Waals surface area contributed by atoms with Gasteiger partial charge in [-0.05, 0) is 50.0 Å². The van der Waals surface area contributed by atoms with Crippen molar-refractivity contribution in [1.29, 1.82) is 0 Å². The first-order chi connectivity index (χ1) is 16.5. The van der Waals surface area contributed by atoms with Crippen molar-refractivity contribution in [1.82, 2.24) is 9.80 Å². The fraction of sp³-hybridized carbons (Fsp3) is 0.407. The van der Waals surface area contributed by atoms with Crippen LogP contribution in [0.3, 0.4) is 0 Å². The minimum absolute atomic E-state index is 0.0990. The molecule has 2 aliphatic heterocycles. The SMILES string of the molecule is CCCOc1ccc(C2/C(=C(\O)c3ccccc3)C(=O)C(=O)N2CCN2CCCC2)cc1OC. The molecular formula is C27H32N2O5. The summed E-state index contributed by atoms with van der Waals surface area (Å²) in [5, 5.41) is 11.1. The van der Waals surface area contributed by atoms with E-state index < -0.39 is 17.7 Å². The lowest BCUT2D eigenvalue weighted by Crippen LogP contribution is -2.37. The highest BCUT2D eigenvalue weighted by molar-refractivity contribution is 6.46. The second-order valence-corrected chi connectivity index (χ2v) is 8.67. The number of aliphatic hydroxyl groups excluding tert-OH is 1. The van der Waals surface area contributed by atoms with E-state index >= 15 is 0 Å². The van der Waals surface area contributed by atoms with Crippen LogP contribution in [0.5, 0.6) is 11.5 Å². The molecule has 1 unspecified atom stereocenters. The zero-order valence-corrected chi connectivity index (χ0v) is 19.8. The number of likely N-dealkylation sites (tertiary alicyclic amines) is 2. The first-order valence-electron chi connectivity index (χ1n) is 11.9. The zero-order chi connectivity index (χ0) is 24.1. The van der Waals surface area contributed by atoms with Crippen LogP contribution in [-0.4, -0.2) is 66.5 Å². The molecule has 0 bridgehead atoms. The van der Waals surface area contributed by atoms with Crippen molar-refractivity contribution in [2.24, 2.45) is 0 Å². The number of rotatable bonds is 9. The molecule has 2 heterocycles. The number of aliphatic hydroxyl groups is 1. The molecule has 2 aromatic carbocycles. The maximum absolute atomic E-state index is 13.2. The zero-order valence-electron chi connectivity index (χ0n) is 19.8. The van der Waals surface area contributed by atoms with Gasteiger partial charge in [0, 0.05) is 18.7 Å². The van der Waals surface area contributed by atoms with Gasteiger partial charge < -0.3 is 24.4 Å². The molecule has 0 radical (unpaired) electrons. The Hall–Kier alpha value is -3.32. The van der Waals surface area contributed by atoms with Crippen molar-refractivity contribution in [3.05, 3.63) is 65.2 Å². The first kappa shape index (κ1) is 23.8. The molecule has 180 valence electrons. The van der Waals surface area contributed by atoms with Gasteiger partial charge in [-0.1, -0.05) is 43.3 Å². The molecular weight excluding hydrogens is 432 g/mol. The summed E-state index contributed by atoms with van der Waals surface area (Å²) in [6.45, 7) is 5.66. The van der Waals surface area contributed by atoms with Crippen LogP contribution in [0.4, 0.5) is 0 Å². The molecule has 1 amide bonds. The van der Waals surface area contributed by atoms with Crippen LogP contribution < -0.4 is 9.47 Å². The van der Waals surface area contributed by atoms with Gasteiger partial charge in [0.05, 0.1) is 25.3 Å². The number of ether oxygens (including phenoxy) is 2. The Balaban J connectivity index is 1.76. The highest BCUT2D eigenvalue weighted by Gasteiger charge is 2.46. The molecule has 2 fully saturated rings. The Bertz CT molecular complexity index is 1060. The number of nitrogens with zero attached hydrogens (tertiary/aromatic N) is 2. The van der Waals surface area contributed by atoms with E-state index in [9.17, 15) is 14.7 Å². The molecule has 0 saturated carbocycles. The van der Waals surface area contributed by atoms with E-state index in [1.165, 1.54) is 0 Å². The third kappa shape index (κ3) is 4.80. The van der Waals surface area contributed by atoms with Crippen molar-refractivity contribution in [3.8, 4) is 11.5 Å². The van der Waals surface area contributed by atoms with E-state index in [2.05, 4.69) is 4.90 Å². The molecule has 7 nitrogen and oxygen atoms in total. The summed E-state index contributed by atoms with van der Waals surface area (Å²) < 4.78 is 11.3. The van der Waals surface area contributed by atoms with E-state index in [0.717, 1.165) is 32.4 Å². The van der Waals surface area contributed by atoms with E-state index in [4.69, 9.17) is 9.47 Å². The van der Waals surface area contributed by atoms with Crippen molar-refractivity contribution in [3.63, 3.8) is 0 Å². The van der Waals surface area contributed by atoms with Gasteiger partial charge in [-0.2, -0.15) is 0 Å². The average molecular weight is 465 g/mol. The predicted molar refractivity (Wildman–Crippen MR) is 130 cm³/mol. The third-order valence-electron chi connectivity index (χ3n) is 6.41. The van der Waals surface area contributed by atoms with Crippen molar-refractivity contribution >= 4 is 17.4 Å². The summed E-state index contributed by atoms with van der Waals surface area (Å²) >= 11 is 0. The highest BCUT2D eigenvalue weighted by Crippen LogP contribution is 2.42. The lowest BCUT2D eigenvalue weighted by atomic mass is 9.95. The number of hydrogen-bond acceptors (Lipinski definition) is 6. The van der Waals surface area contributed by atoms with Crippen LogP contribution in [0.2, 0.25) is 0 Å². The molecule has 1 N–H and O–H groups in total. The third-order valence-corrected chi connectivity index (χ3v) is 6.41. The van der Waals surface area contributed by atoms with Gasteiger partial charge in [-0.15, -0.1) is 0 Å². The second-order valence-electron chi connectivity index (χ2n) is 8.67. The van der Waals surface area contributed by atoms with Crippen molar-refractivity contribution in [2.45, 2.75) is 32.2 Å². The largest absolute Gasteiger partial charge is 0.507 e. The Morgan fingerprint density at radius 2 is 1.76 bits per heavy atom. The summed E-state index contributed by atoms with van der Waals surface area (Å²) in [5.74, 6) is -0.302. The van der Waals surface area contributed by atoms with Crippen molar-refractivity contribution in [2.75, 3.05) is 39.9 Å². The van der Waals surface area contributed by atoms with E-state index in [1.807, 2.05) is 19.1 Å². The van der Waals surface area contributed by atoms with Crippen LogP contribution in [0.25, 0.3) is 5.76 Å². The highest BCUT2D eigenvalue weighted by atomic mass is 16.5. The smallest absolute Gasteiger partial charge is 0.295 e. The summed E-state index contributed by atoms with van der Waals surface area (Å²) in [5.41, 5.74) is 1.29. The van der Waals surface area contributed by atoms with Gasteiger partial charge in [-0.3, -0.25) is 9.59 Å². The van der Waals surface area contributed by atoms with Crippen LogP contribution in [0.1, 0.15) is 43.4 Å². The Morgan fingerprint density at radius 1 is 1.03 bits per heavy atom.